The van der Waals surface area contributed by atoms with Gasteiger partial charge < -0.3 is 15.6 Å². The number of phenolic OH excluding ortho intramolecular Hbond substituents is 1. The third kappa shape index (κ3) is 2.13. The van der Waals surface area contributed by atoms with Gasteiger partial charge in [0, 0.05) is 23.3 Å². The van der Waals surface area contributed by atoms with E-state index in [0.717, 1.165) is 12.1 Å². The lowest BCUT2D eigenvalue weighted by Crippen LogP contribution is -2.21. The Morgan fingerprint density at radius 2 is 1.86 bits per heavy atom. The van der Waals surface area contributed by atoms with E-state index in [-0.39, 0.29) is 28.5 Å². The van der Waals surface area contributed by atoms with Gasteiger partial charge in [-0.25, -0.2) is 8.78 Å². The molecule has 6 heteroatoms. The zero-order valence-corrected chi connectivity index (χ0v) is 11.2. The van der Waals surface area contributed by atoms with Crippen LogP contribution in [0.5, 0.6) is 11.5 Å². The first-order valence-electron chi connectivity index (χ1n) is 6.36. The summed E-state index contributed by atoms with van der Waals surface area (Å²) in [5.41, 5.74) is 6.32. The van der Waals surface area contributed by atoms with Crippen LogP contribution in [0.2, 0.25) is 0 Å². The Bertz CT molecular complexity index is 841. The highest BCUT2D eigenvalue weighted by atomic mass is 19.1. The molecule has 3 N–H and O–H groups in total. The highest BCUT2D eigenvalue weighted by Crippen LogP contribution is 2.43. The maximum Gasteiger partial charge on any atom is 0.205 e. The molecule has 2 aromatic carbocycles. The number of halogens is 2. The number of benzene rings is 2. The molecular formula is C16H10F2N2O2. The summed E-state index contributed by atoms with van der Waals surface area (Å²) in [6.07, 6.45) is 0. The van der Waals surface area contributed by atoms with Gasteiger partial charge in [0.15, 0.2) is 0 Å². The van der Waals surface area contributed by atoms with Crippen LogP contribution in [0.4, 0.5) is 8.78 Å². The van der Waals surface area contributed by atoms with Crippen LogP contribution in [0, 0.1) is 23.0 Å². The van der Waals surface area contributed by atoms with Crippen molar-refractivity contribution in [3.8, 4) is 17.6 Å². The van der Waals surface area contributed by atoms with Crippen LogP contribution in [-0.4, -0.2) is 5.11 Å². The Labute approximate surface area is 124 Å². The van der Waals surface area contributed by atoms with Gasteiger partial charge in [0.05, 0.1) is 5.92 Å². The van der Waals surface area contributed by atoms with Crippen molar-refractivity contribution in [1.82, 2.24) is 0 Å². The lowest BCUT2D eigenvalue weighted by Gasteiger charge is -2.26. The number of allylic oxidation sites excluding steroid dienone is 1. The highest BCUT2D eigenvalue weighted by Gasteiger charge is 2.32. The maximum absolute atomic E-state index is 14.1. The van der Waals surface area contributed by atoms with Crippen molar-refractivity contribution in [3.05, 3.63) is 70.6 Å². The van der Waals surface area contributed by atoms with Gasteiger partial charge in [-0.1, -0.05) is 12.1 Å². The van der Waals surface area contributed by atoms with Crippen LogP contribution in [0.1, 0.15) is 17.0 Å². The van der Waals surface area contributed by atoms with Crippen molar-refractivity contribution in [2.75, 3.05) is 0 Å². The number of hydrogen-bond donors (Lipinski definition) is 2. The number of ether oxygens (including phenoxy) is 1. The minimum atomic E-state index is -0.824. The van der Waals surface area contributed by atoms with E-state index in [1.165, 1.54) is 24.3 Å². The molecule has 4 nitrogen and oxygen atoms in total. The van der Waals surface area contributed by atoms with Crippen molar-refractivity contribution in [2.24, 2.45) is 5.73 Å². The molecule has 22 heavy (non-hydrogen) atoms. The van der Waals surface area contributed by atoms with Crippen LogP contribution in [0.25, 0.3) is 0 Å². The lowest BCUT2D eigenvalue weighted by molar-refractivity contribution is 0.387. The smallest absolute Gasteiger partial charge is 0.205 e. The molecule has 0 spiro atoms. The molecule has 0 bridgehead atoms. The van der Waals surface area contributed by atoms with Crippen molar-refractivity contribution in [2.45, 2.75) is 5.92 Å². The zero-order chi connectivity index (χ0) is 15.9. The van der Waals surface area contributed by atoms with E-state index in [0.29, 0.717) is 5.56 Å². The lowest BCUT2D eigenvalue weighted by atomic mass is 9.83. The van der Waals surface area contributed by atoms with Gasteiger partial charge in [-0.2, -0.15) is 5.26 Å². The quantitative estimate of drug-likeness (QED) is 0.848. The molecule has 0 saturated heterocycles. The second kappa shape index (κ2) is 5.04. The topological polar surface area (TPSA) is 79.3 Å². The average Bonchev–Trinajstić information content (AvgIpc) is 2.46. The summed E-state index contributed by atoms with van der Waals surface area (Å²) in [5, 5.41) is 18.8. The number of phenols is 1. The van der Waals surface area contributed by atoms with Crippen LogP contribution < -0.4 is 10.5 Å². The van der Waals surface area contributed by atoms with Crippen LogP contribution >= 0.6 is 0 Å². The predicted molar refractivity (Wildman–Crippen MR) is 73.8 cm³/mol. The van der Waals surface area contributed by atoms with Gasteiger partial charge in [-0.15, -0.1) is 0 Å². The van der Waals surface area contributed by atoms with E-state index in [4.69, 9.17) is 10.5 Å². The van der Waals surface area contributed by atoms with Gasteiger partial charge in [0.25, 0.3) is 0 Å². The summed E-state index contributed by atoms with van der Waals surface area (Å²) in [4.78, 5) is 0. The predicted octanol–water partition coefficient (Wildman–Crippen LogP) is 2.89. The number of nitrogens with zero attached hydrogens (tertiary/aromatic N) is 1. The Kier molecular flexibility index (Phi) is 3.18. The fraction of sp³-hybridized carbons (Fsp3) is 0.0625. The minimum Gasteiger partial charge on any atom is -0.508 e. The molecule has 1 aliphatic heterocycles. The van der Waals surface area contributed by atoms with Crippen molar-refractivity contribution in [3.63, 3.8) is 0 Å². The summed E-state index contributed by atoms with van der Waals surface area (Å²) in [5.74, 6) is -2.32. The third-order valence-electron chi connectivity index (χ3n) is 3.48. The molecule has 1 aliphatic rings. The van der Waals surface area contributed by atoms with E-state index in [9.17, 15) is 19.1 Å². The molecule has 0 aliphatic carbocycles. The number of hydrogen-bond acceptors (Lipinski definition) is 4. The van der Waals surface area contributed by atoms with Crippen molar-refractivity contribution < 1.29 is 18.6 Å². The van der Waals surface area contributed by atoms with Crippen LogP contribution in [-0.2, 0) is 0 Å². The van der Waals surface area contributed by atoms with E-state index < -0.39 is 17.6 Å². The van der Waals surface area contributed by atoms with Gasteiger partial charge in [0.1, 0.15) is 34.8 Å². The molecule has 0 amide bonds. The number of aromatic hydroxyl groups is 1. The molecule has 110 valence electrons. The third-order valence-corrected chi connectivity index (χ3v) is 3.48. The molecule has 0 fully saturated rings. The van der Waals surface area contributed by atoms with Gasteiger partial charge in [-0.3, -0.25) is 0 Å². The molecule has 0 saturated carbocycles. The summed E-state index contributed by atoms with van der Waals surface area (Å²) < 4.78 is 32.6. The van der Waals surface area contributed by atoms with Crippen LogP contribution in [0.15, 0.2) is 47.9 Å². The molecule has 0 aromatic heterocycles. The Morgan fingerprint density at radius 3 is 2.55 bits per heavy atom. The number of nitrogens with two attached hydrogens (primary N) is 1. The summed E-state index contributed by atoms with van der Waals surface area (Å²) in [7, 11) is 0. The molecule has 0 radical (unpaired) electrons. The van der Waals surface area contributed by atoms with Gasteiger partial charge in [-0.05, 0) is 12.1 Å². The minimum absolute atomic E-state index is 0.0312. The Hall–Kier alpha value is -3.07. The fourth-order valence-electron chi connectivity index (χ4n) is 2.50. The molecular weight excluding hydrogens is 290 g/mol. The maximum atomic E-state index is 14.1. The summed E-state index contributed by atoms with van der Waals surface area (Å²) in [6.45, 7) is 0. The molecule has 2 aromatic rings. The highest BCUT2D eigenvalue weighted by molar-refractivity contribution is 5.57. The van der Waals surface area contributed by atoms with E-state index >= 15 is 0 Å². The number of rotatable bonds is 1. The monoisotopic (exact) mass is 300 g/mol. The Morgan fingerprint density at radius 1 is 1.14 bits per heavy atom. The molecule has 1 unspecified atom stereocenters. The fourth-order valence-corrected chi connectivity index (χ4v) is 2.50. The first-order valence-corrected chi connectivity index (χ1v) is 6.36. The summed E-state index contributed by atoms with van der Waals surface area (Å²) >= 11 is 0. The Balaban J connectivity index is 2.26. The second-order valence-corrected chi connectivity index (χ2v) is 4.81. The van der Waals surface area contributed by atoms with Crippen molar-refractivity contribution in [1.29, 1.82) is 5.26 Å². The molecule has 3 rings (SSSR count). The zero-order valence-electron chi connectivity index (χ0n) is 11.2. The molecule has 1 atom stereocenters. The normalized spacial score (nSPS) is 16.7. The van der Waals surface area contributed by atoms with Gasteiger partial charge in [0.2, 0.25) is 5.88 Å². The summed E-state index contributed by atoms with van der Waals surface area (Å²) in [6, 6.07) is 9.26. The number of fused-ring (bicyclic) bond motifs is 1. The first-order chi connectivity index (χ1) is 10.5. The number of nitriles is 1. The van der Waals surface area contributed by atoms with E-state index in [1.54, 1.807) is 0 Å². The van der Waals surface area contributed by atoms with E-state index in [1.807, 2.05) is 6.07 Å². The standard InChI is InChI=1S/C16H10F2N2O2/c17-8-1-3-10(13(18)5-8)15-11-4-2-9(21)6-14(11)22-16(20)12(15)7-19/h1-6,15,21H,20H2. The largest absolute Gasteiger partial charge is 0.508 e. The second-order valence-electron chi connectivity index (χ2n) is 4.81. The SMILES string of the molecule is N#CC1=C(N)Oc2cc(O)ccc2C1c1ccc(F)cc1F. The van der Waals surface area contributed by atoms with E-state index in [2.05, 4.69) is 0 Å². The van der Waals surface area contributed by atoms with Crippen molar-refractivity contribution >= 4 is 0 Å². The first kappa shape index (κ1) is 13.9. The molecule has 1 heterocycles. The van der Waals surface area contributed by atoms with Gasteiger partial charge >= 0.3 is 0 Å². The van der Waals surface area contributed by atoms with Crippen LogP contribution in [0.3, 0.4) is 0 Å². The average molecular weight is 300 g/mol.